The molecule has 0 aromatic heterocycles. The highest BCUT2D eigenvalue weighted by atomic mass is 19.3. The van der Waals surface area contributed by atoms with Crippen LogP contribution in [0.5, 0.6) is 0 Å². The number of aliphatic carboxylic acids is 1. The minimum Gasteiger partial charge on any atom is -0.481 e. The first kappa shape index (κ1) is 12.2. The van der Waals surface area contributed by atoms with Crippen LogP contribution in [0.15, 0.2) is 24.3 Å². The van der Waals surface area contributed by atoms with Gasteiger partial charge < -0.3 is 5.11 Å². The summed E-state index contributed by atoms with van der Waals surface area (Å²) in [7, 11) is 0. The van der Waals surface area contributed by atoms with Crippen LogP contribution in [0.4, 0.5) is 8.78 Å². The quantitative estimate of drug-likeness (QED) is 0.798. The van der Waals surface area contributed by atoms with E-state index < -0.39 is 24.7 Å². The molecule has 1 aromatic rings. The highest BCUT2D eigenvalue weighted by Gasteiger charge is 2.24. The van der Waals surface area contributed by atoms with E-state index in [1.54, 1.807) is 0 Å². The fraction of sp³-hybridized carbons (Fsp3) is 0.250. The SMILES string of the molecule is C#Cc1ccc(C(CC(=O)O)C(F)F)cc1. The molecule has 0 aliphatic carbocycles. The van der Waals surface area contributed by atoms with Crippen molar-refractivity contribution in [1.82, 2.24) is 0 Å². The van der Waals surface area contributed by atoms with Gasteiger partial charge >= 0.3 is 5.97 Å². The molecule has 1 atom stereocenters. The maximum Gasteiger partial charge on any atom is 0.304 e. The minimum absolute atomic E-state index is 0.288. The minimum atomic E-state index is -2.70. The average Bonchev–Trinajstić information content (AvgIpc) is 2.25. The molecule has 1 unspecified atom stereocenters. The van der Waals surface area contributed by atoms with Gasteiger partial charge in [-0.1, -0.05) is 18.1 Å². The van der Waals surface area contributed by atoms with Crippen LogP contribution in [-0.4, -0.2) is 17.5 Å². The summed E-state index contributed by atoms with van der Waals surface area (Å²) in [6, 6.07) is 5.92. The lowest BCUT2D eigenvalue weighted by Gasteiger charge is -2.14. The maximum absolute atomic E-state index is 12.6. The zero-order chi connectivity index (χ0) is 12.1. The van der Waals surface area contributed by atoms with Crippen molar-refractivity contribution in [2.24, 2.45) is 0 Å². The molecule has 0 aliphatic heterocycles. The number of hydrogen-bond acceptors (Lipinski definition) is 1. The Labute approximate surface area is 91.9 Å². The van der Waals surface area contributed by atoms with E-state index in [0.717, 1.165) is 0 Å². The zero-order valence-corrected chi connectivity index (χ0v) is 8.36. The van der Waals surface area contributed by atoms with Crippen LogP contribution in [0, 0.1) is 12.3 Å². The molecule has 1 aromatic carbocycles. The molecular formula is C12H10F2O2. The summed E-state index contributed by atoms with van der Waals surface area (Å²) in [5.41, 5.74) is 0.864. The Hall–Kier alpha value is -1.89. The number of halogens is 2. The van der Waals surface area contributed by atoms with E-state index >= 15 is 0 Å². The van der Waals surface area contributed by atoms with Crippen molar-refractivity contribution in [2.75, 3.05) is 0 Å². The van der Waals surface area contributed by atoms with Crippen LogP contribution in [0.25, 0.3) is 0 Å². The summed E-state index contributed by atoms with van der Waals surface area (Å²) in [6.45, 7) is 0. The summed E-state index contributed by atoms with van der Waals surface area (Å²) in [6.07, 6.45) is 1.83. The maximum atomic E-state index is 12.6. The molecule has 1 rings (SSSR count). The van der Waals surface area contributed by atoms with E-state index in [0.29, 0.717) is 5.56 Å². The molecule has 0 radical (unpaired) electrons. The van der Waals surface area contributed by atoms with Crippen molar-refractivity contribution >= 4 is 5.97 Å². The normalized spacial score (nSPS) is 12.1. The third kappa shape index (κ3) is 3.06. The molecule has 0 amide bonds. The van der Waals surface area contributed by atoms with Gasteiger partial charge in [-0.3, -0.25) is 4.79 Å². The van der Waals surface area contributed by atoms with E-state index in [1.165, 1.54) is 24.3 Å². The van der Waals surface area contributed by atoms with E-state index in [1.807, 2.05) is 0 Å². The van der Waals surface area contributed by atoms with Gasteiger partial charge in [0.05, 0.1) is 12.3 Å². The largest absolute Gasteiger partial charge is 0.481 e. The molecule has 0 saturated heterocycles. The summed E-state index contributed by atoms with van der Waals surface area (Å²) in [4.78, 5) is 10.4. The summed E-state index contributed by atoms with van der Waals surface area (Å²) in [5.74, 6) is -0.173. The molecule has 0 saturated carbocycles. The highest BCUT2D eigenvalue weighted by Crippen LogP contribution is 2.26. The van der Waals surface area contributed by atoms with E-state index in [9.17, 15) is 13.6 Å². The Kier molecular flexibility index (Phi) is 4.01. The van der Waals surface area contributed by atoms with Crippen molar-refractivity contribution in [2.45, 2.75) is 18.8 Å². The first-order chi connectivity index (χ1) is 7.54. The first-order valence-electron chi connectivity index (χ1n) is 4.61. The average molecular weight is 224 g/mol. The number of carboxylic acids is 1. The van der Waals surface area contributed by atoms with Gasteiger partial charge in [-0.15, -0.1) is 6.42 Å². The van der Waals surface area contributed by atoms with Gasteiger partial charge in [0, 0.05) is 5.56 Å². The van der Waals surface area contributed by atoms with E-state index in [-0.39, 0.29) is 5.56 Å². The molecule has 0 bridgehead atoms. The van der Waals surface area contributed by atoms with Crippen molar-refractivity contribution in [1.29, 1.82) is 0 Å². The van der Waals surface area contributed by atoms with Crippen molar-refractivity contribution in [3.05, 3.63) is 35.4 Å². The fourth-order valence-corrected chi connectivity index (χ4v) is 1.37. The van der Waals surface area contributed by atoms with Gasteiger partial charge in [0.25, 0.3) is 0 Å². The van der Waals surface area contributed by atoms with Crippen molar-refractivity contribution < 1.29 is 18.7 Å². The number of carboxylic acid groups (broad SMARTS) is 1. The third-order valence-corrected chi connectivity index (χ3v) is 2.20. The predicted octanol–water partition coefficient (Wildman–Crippen LogP) is 2.49. The number of hydrogen-bond donors (Lipinski definition) is 1. The van der Waals surface area contributed by atoms with E-state index in [4.69, 9.17) is 11.5 Å². The van der Waals surface area contributed by atoms with Crippen LogP contribution in [-0.2, 0) is 4.79 Å². The molecule has 16 heavy (non-hydrogen) atoms. The van der Waals surface area contributed by atoms with Gasteiger partial charge in [-0.05, 0) is 17.7 Å². The number of terminal acetylenes is 1. The second-order valence-electron chi connectivity index (χ2n) is 3.31. The second kappa shape index (κ2) is 5.26. The Morgan fingerprint density at radius 2 is 1.94 bits per heavy atom. The predicted molar refractivity (Wildman–Crippen MR) is 55.4 cm³/mol. The first-order valence-corrected chi connectivity index (χ1v) is 4.61. The Balaban J connectivity index is 2.93. The Bertz CT molecular complexity index is 404. The lowest BCUT2D eigenvalue weighted by Crippen LogP contribution is -2.14. The molecule has 0 heterocycles. The van der Waals surface area contributed by atoms with Crippen LogP contribution in [0.2, 0.25) is 0 Å². The molecule has 84 valence electrons. The molecule has 4 heteroatoms. The van der Waals surface area contributed by atoms with Gasteiger partial charge in [0.15, 0.2) is 0 Å². The molecule has 2 nitrogen and oxygen atoms in total. The molecule has 0 spiro atoms. The summed E-state index contributed by atoms with van der Waals surface area (Å²) < 4.78 is 25.2. The summed E-state index contributed by atoms with van der Waals surface area (Å²) in [5, 5.41) is 8.53. The lowest BCUT2D eigenvalue weighted by atomic mass is 9.95. The molecule has 0 aliphatic rings. The second-order valence-corrected chi connectivity index (χ2v) is 3.31. The van der Waals surface area contributed by atoms with Gasteiger partial charge in [-0.2, -0.15) is 0 Å². The highest BCUT2D eigenvalue weighted by molar-refractivity contribution is 5.68. The third-order valence-electron chi connectivity index (χ3n) is 2.20. The number of rotatable bonds is 4. The van der Waals surface area contributed by atoms with Gasteiger partial charge in [0.1, 0.15) is 0 Å². The lowest BCUT2D eigenvalue weighted by molar-refractivity contribution is -0.138. The van der Waals surface area contributed by atoms with Crippen LogP contribution < -0.4 is 0 Å². The zero-order valence-electron chi connectivity index (χ0n) is 8.36. The number of benzene rings is 1. The Morgan fingerprint density at radius 1 is 1.38 bits per heavy atom. The Morgan fingerprint density at radius 3 is 2.31 bits per heavy atom. The smallest absolute Gasteiger partial charge is 0.304 e. The van der Waals surface area contributed by atoms with Crippen molar-refractivity contribution in [3.63, 3.8) is 0 Å². The molecule has 0 fully saturated rings. The van der Waals surface area contributed by atoms with Crippen LogP contribution >= 0.6 is 0 Å². The van der Waals surface area contributed by atoms with E-state index in [2.05, 4.69) is 5.92 Å². The van der Waals surface area contributed by atoms with Gasteiger partial charge in [0.2, 0.25) is 6.43 Å². The number of alkyl halides is 2. The molecule has 1 N–H and O–H groups in total. The van der Waals surface area contributed by atoms with Crippen LogP contribution in [0.1, 0.15) is 23.5 Å². The van der Waals surface area contributed by atoms with Gasteiger partial charge in [-0.25, -0.2) is 8.78 Å². The topological polar surface area (TPSA) is 37.3 Å². The number of carbonyl (C=O) groups is 1. The fourth-order valence-electron chi connectivity index (χ4n) is 1.37. The standard InChI is InChI=1S/C12H10F2O2/c1-2-8-3-5-9(6-4-8)10(12(13)14)7-11(15)16/h1,3-6,10,12H,7H2,(H,15,16). The van der Waals surface area contributed by atoms with Crippen molar-refractivity contribution in [3.8, 4) is 12.3 Å². The van der Waals surface area contributed by atoms with Crippen LogP contribution in [0.3, 0.4) is 0 Å². The summed E-state index contributed by atoms with van der Waals surface area (Å²) >= 11 is 0. The molecular weight excluding hydrogens is 214 g/mol. The monoisotopic (exact) mass is 224 g/mol.